The lowest BCUT2D eigenvalue weighted by Gasteiger charge is -2.30. The van der Waals surface area contributed by atoms with Crippen LogP contribution in [0.25, 0.3) is 0 Å². The molecule has 0 aliphatic carbocycles. The summed E-state index contributed by atoms with van der Waals surface area (Å²) in [5.41, 5.74) is 0.344. The Morgan fingerprint density at radius 2 is 2.31 bits per heavy atom. The molecule has 1 aromatic rings. The minimum absolute atomic E-state index is 0.114. The normalized spacial score (nSPS) is 17.8. The summed E-state index contributed by atoms with van der Waals surface area (Å²) in [4.78, 5) is 13.6. The predicted molar refractivity (Wildman–Crippen MR) is 55.8 cm³/mol. The van der Waals surface area contributed by atoms with Gasteiger partial charge in [-0.3, -0.25) is 9.18 Å². The molecule has 16 heavy (non-hydrogen) atoms. The van der Waals surface area contributed by atoms with E-state index in [1.165, 1.54) is 0 Å². The lowest BCUT2D eigenvalue weighted by molar-refractivity contribution is 0.0667. The fourth-order valence-corrected chi connectivity index (χ4v) is 1.92. The molecular formula is C11H15FN2O2. The van der Waals surface area contributed by atoms with Gasteiger partial charge in [0.2, 0.25) is 0 Å². The molecule has 4 nitrogen and oxygen atoms in total. The van der Waals surface area contributed by atoms with Gasteiger partial charge in [-0.1, -0.05) is 5.16 Å². The van der Waals surface area contributed by atoms with E-state index in [1.807, 2.05) is 0 Å². The Kier molecular flexibility index (Phi) is 3.22. The SMILES string of the molecule is Cc1cc(C(=O)N2CCC(CF)CC2)no1. The zero-order valence-corrected chi connectivity index (χ0v) is 9.28. The van der Waals surface area contributed by atoms with Crippen molar-refractivity contribution in [3.8, 4) is 0 Å². The molecule has 0 aromatic carbocycles. The molecule has 1 fully saturated rings. The molecule has 0 spiro atoms. The molecule has 1 amide bonds. The van der Waals surface area contributed by atoms with Crippen molar-refractivity contribution in [2.45, 2.75) is 19.8 Å². The van der Waals surface area contributed by atoms with Crippen LogP contribution < -0.4 is 0 Å². The molecule has 0 unspecified atom stereocenters. The second kappa shape index (κ2) is 4.63. The Bertz CT molecular complexity index is 370. The summed E-state index contributed by atoms with van der Waals surface area (Å²) < 4.78 is 17.3. The van der Waals surface area contributed by atoms with Gasteiger partial charge in [-0.05, 0) is 25.7 Å². The van der Waals surface area contributed by atoms with E-state index in [0.29, 0.717) is 24.5 Å². The van der Waals surface area contributed by atoms with Gasteiger partial charge in [-0.2, -0.15) is 0 Å². The van der Waals surface area contributed by atoms with Crippen LogP contribution in [0.1, 0.15) is 29.1 Å². The van der Waals surface area contributed by atoms with Crippen molar-refractivity contribution < 1.29 is 13.7 Å². The third-order valence-electron chi connectivity index (χ3n) is 2.97. The van der Waals surface area contributed by atoms with Gasteiger partial charge in [0.05, 0.1) is 6.67 Å². The second-order valence-corrected chi connectivity index (χ2v) is 4.21. The Labute approximate surface area is 93.4 Å². The van der Waals surface area contributed by atoms with Gasteiger partial charge in [0, 0.05) is 19.2 Å². The number of halogens is 1. The molecule has 1 saturated heterocycles. The van der Waals surface area contributed by atoms with Crippen LogP contribution in [-0.2, 0) is 0 Å². The molecule has 88 valence electrons. The topological polar surface area (TPSA) is 46.3 Å². The highest BCUT2D eigenvalue weighted by atomic mass is 19.1. The molecule has 0 N–H and O–H groups in total. The summed E-state index contributed by atoms with van der Waals surface area (Å²) in [6.45, 7) is 2.68. The second-order valence-electron chi connectivity index (χ2n) is 4.21. The summed E-state index contributed by atoms with van der Waals surface area (Å²) in [7, 11) is 0. The number of amides is 1. The van der Waals surface area contributed by atoms with Crippen LogP contribution in [0.2, 0.25) is 0 Å². The van der Waals surface area contributed by atoms with Crippen molar-refractivity contribution in [3.05, 3.63) is 17.5 Å². The molecule has 1 aliphatic rings. The minimum Gasteiger partial charge on any atom is -0.361 e. The zero-order valence-electron chi connectivity index (χ0n) is 9.28. The van der Waals surface area contributed by atoms with E-state index in [0.717, 1.165) is 12.8 Å². The van der Waals surface area contributed by atoms with E-state index in [2.05, 4.69) is 5.16 Å². The predicted octanol–water partition coefficient (Wildman–Crippen LogP) is 1.80. The lowest BCUT2D eigenvalue weighted by atomic mass is 9.98. The highest BCUT2D eigenvalue weighted by Gasteiger charge is 2.25. The number of rotatable bonds is 2. The Hall–Kier alpha value is -1.39. The Balaban J connectivity index is 1.96. The zero-order chi connectivity index (χ0) is 11.5. The average molecular weight is 226 g/mol. The van der Waals surface area contributed by atoms with Crippen molar-refractivity contribution in [3.63, 3.8) is 0 Å². The summed E-state index contributed by atoms with van der Waals surface area (Å²) in [5.74, 6) is 0.624. The summed E-state index contributed by atoms with van der Waals surface area (Å²) in [6.07, 6.45) is 1.47. The maximum atomic E-state index is 12.4. The number of likely N-dealkylation sites (tertiary alicyclic amines) is 1. The lowest BCUT2D eigenvalue weighted by Crippen LogP contribution is -2.39. The van der Waals surface area contributed by atoms with E-state index in [1.54, 1.807) is 17.9 Å². The molecule has 1 aromatic heterocycles. The maximum absolute atomic E-state index is 12.4. The van der Waals surface area contributed by atoms with Crippen LogP contribution in [0, 0.1) is 12.8 Å². The molecule has 0 bridgehead atoms. The van der Waals surface area contributed by atoms with Crippen molar-refractivity contribution in [1.29, 1.82) is 0 Å². The average Bonchev–Trinajstić information content (AvgIpc) is 2.75. The van der Waals surface area contributed by atoms with Gasteiger partial charge >= 0.3 is 0 Å². The number of alkyl halides is 1. The first-order chi connectivity index (χ1) is 7.70. The Morgan fingerprint density at radius 1 is 1.62 bits per heavy atom. The molecule has 5 heteroatoms. The molecule has 0 saturated carbocycles. The van der Waals surface area contributed by atoms with Crippen molar-refractivity contribution in [2.24, 2.45) is 5.92 Å². The monoisotopic (exact) mass is 226 g/mol. The number of nitrogens with zero attached hydrogens (tertiary/aromatic N) is 2. The van der Waals surface area contributed by atoms with Gasteiger partial charge in [-0.15, -0.1) is 0 Å². The fourth-order valence-electron chi connectivity index (χ4n) is 1.92. The number of aromatic nitrogens is 1. The minimum atomic E-state index is -0.287. The third-order valence-corrected chi connectivity index (χ3v) is 2.97. The van der Waals surface area contributed by atoms with Gasteiger partial charge in [0.15, 0.2) is 5.69 Å². The van der Waals surface area contributed by atoms with E-state index < -0.39 is 0 Å². The van der Waals surface area contributed by atoms with Gasteiger partial charge in [0.1, 0.15) is 5.76 Å². The van der Waals surface area contributed by atoms with Crippen molar-refractivity contribution in [2.75, 3.05) is 19.8 Å². The molecule has 2 heterocycles. The highest BCUT2D eigenvalue weighted by molar-refractivity contribution is 5.92. The van der Waals surface area contributed by atoms with E-state index in [4.69, 9.17) is 4.52 Å². The first-order valence-corrected chi connectivity index (χ1v) is 5.49. The van der Waals surface area contributed by atoms with E-state index in [-0.39, 0.29) is 18.5 Å². The summed E-state index contributed by atoms with van der Waals surface area (Å²) >= 11 is 0. The molecule has 0 radical (unpaired) electrons. The largest absolute Gasteiger partial charge is 0.361 e. The molecule has 2 rings (SSSR count). The van der Waals surface area contributed by atoms with Crippen LogP contribution in [0.5, 0.6) is 0 Å². The quantitative estimate of drug-likeness (QED) is 0.772. The highest BCUT2D eigenvalue weighted by Crippen LogP contribution is 2.19. The van der Waals surface area contributed by atoms with Crippen molar-refractivity contribution >= 4 is 5.91 Å². The number of piperidine rings is 1. The third kappa shape index (κ3) is 2.23. The van der Waals surface area contributed by atoms with E-state index in [9.17, 15) is 9.18 Å². The number of hydrogen-bond donors (Lipinski definition) is 0. The van der Waals surface area contributed by atoms with Crippen LogP contribution in [0.15, 0.2) is 10.6 Å². The Morgan fingerprint density at radius 3 is 2.81 bits per heavy atom. The number of carbonyl (C=O) groups is 1. The van der Waals surface area contributed by atoms with E-state index >= 15 is 0 Å². The van der Waals surface area contributed by atoms with Crippen LogP contribution in [0.4, 0.5) is 4.39 Å². The van der Waals surface area contributed by atoms with Gasteiger partial charge < -0.3 is 9.42 Å². The van der Waals surface area contributed by atoms with Crippen LogP contribution in [0.3, 0.4) is 0 Å². The number of hydrogen-bond acceptors (Lipinski definition) is 3. The maximum Gasteiger partial charge on any atom is 0.276 e. The van der Waals surface area contributed by atoms with Crippen LogP contribution in [-0.4, -0.2) is 35.7 Å². The molecule has 1 aliphatic heterocycles. The first-order valence-electron chi connectivity index (χ1n) is 5.49. The summed E-state index contributed by atoms with van der Waals surface area (Å²) in [5, 5.41) is 3.69. The first kappa shape index (κ1) is 11.1. The molecular weight excluding hydrogens is 211 g/mol. The summed E-state index contributed by atoms with van der Waals surface area (Å²) in [6, 6.07) is 1.63. The standard InChI is InChI=1S/C11H15FN2O2/c1-8-6-10(13-16-8)11(15)14-4-2-9(7-12)3-5-14/h6,9H,2-5,7H2,1H3. The number of carbonyl (C=O) groups excluding carboxylic acids is 1. The van der Waals surface area contributed by atoms with Crippen LogP contribution >= 0.6 is 0 Å². The fraction of sp³-hybridized carbons (Fsp3) is 0.636. The number of aryl methyl sites for hydroxylation is 1. The smallest absolute Gasteiger partial charge is 0.276 e. The van der Waals surface area contributed by atoms with Crippen molar-refractivity contribution in [1.82, 2.24) is 10.1 Å². The van der Waals surface area contributed by atoms with Gasteiger partial charge in [-0.25, -0.2) is 0 Å². The van der Waals surface area contributed by atoms with Gasteiger partial charge in [0.25, 0.3) is 5.91 Å². The molecule has 0 atom stereocenters.